The molecule has 0 N–H and O–H groups in total. The van der Waals surface area contributed by atoms with Crippen LogP contribution >= 0.6 is 11.3 Å². The van der Waals surface area contributed by atoms with Crippen LogP contribution in [0.3, 0.4) is 0 Å². The van der Waals surface area contributed by atoms with Crippen molar-refractivity contribution in [3.8, 4) is 11.5 Å². The largest absolute Gasteiger partial charge is 0.486 e. The number of hydrogen-bond acceptors (Lipinski definition) is 8. The molecule has 29 heavy (non-hydrogen) atoms. The van der Waals surface area contributed by atoms with Crippen LogP contribution in [0.4, 0.5) is 0 Å². The van der Waals surface area contributed by atoms with Gasteiger partial charge in [0.2, 0.25) is 0 Å². The molecule has 152 valence electrons. The van der Waals surface area contributed by atoms with E-state index >= 15 is 0 Å². The summed E-state index contributed by atoms with van der Waals surface area (Å²) in [5, 5.41) is 1.16. The highest BCUT2D eigenvalue weighted by atomic mass is 32.1. The Labute approximate surface area is 170 Å². The molecule has 0 aliphatic rings. The molecule has 3 rings (SSSR count). The third-order valence-electron chi connectivity index (χ3n) is 3.95. The zero-order valence-corrected chi connectivity index (χ0v) is 16.9. The Kier molecular flexibility index (Phi) is 6.66. The Balaban J connectivity index is 1.98. The molecule has 8 heteroatoms. The van der Waals surface area contributed by atoms with Crippen molar-refractivity contribution >= 4 is 43.4 Å². The Hall–Kier alpha value is -3.13. The van der Waals surface area contributed by atoms with Crippen LogP contribution in [-0.4, -0.2) is 38.4 Å². The van der Waals surface area contributed by atoms with Crippen molar-refractivity contribution in [1.29, 1.82) is 0 Å². The van der Waals surface area contributed by atoms with Crippen molar-refractivity contribution in [3.63, 3.8) is 0 Å². The highest BCUT2D eigenvalue weighted by Gasteiger charge is 2.16. The number of carbonyl (C=O) groups excluding carboxylic acids is 2. The minimum Gasteiger partial charge on any atom is -0.486 e. The lowest BCUT2D eigenvalue weighted by atomic mass is 10.1. The molecule has 0 radical (unpaired) electrons. The first-order valence-electron chi connectivity index (χ1n) is 8.98. The summed E-state index contributed by atoms with van der Waals surface area (Å²) in [6, 6.07) is 10.7. The molecule has 0 aliphatic heterocycles. The van der Waals surface area contributed by atoms with Crippen molar-refractivity contribution in [2.75, 3.05) is 26.4 Å². The van der Waals surface area contributed by atoms with Gasteiger partial charge in [-0.15, -0.1) is 11.3 Å². The zero-order chi connectivity index (χ0) is 20.8. The highest BCUT2D eigenvalue weighted by Crippen LogP contribution is 2.39. The first kappa shape index (κ1) is 20.6. The van der Waals surface area contributed by atoms with Gasteiger partial charge in [0.1, 0.15) is 26.4 Å². The Morgan fingerprint density at radius 3 is 2.17 bits per heavy atom. The molecule has 1 heterocycles. The standard InChI is InChI=1S/C21H20O7S/c1-13(22)25-9-11-27-17-8-7-16-19(24)15-5-3-4-6-18(15)29-21(16)20(17)28-12-10-26-14(2)23/h3-8H,9-12H2,1-2H3. The van der Waals surface area contributed by atoms with Gasteiger partial charge in [0, 0.05) is 29.3 Å². The minimum atomic E-state index is -0.403. The molecular weight excluding hydrogens is 396 g/mol. The van der Waals surface area contributed by atoms with Crippen LogP contribution in [0.15, 0.2) is 41.2 Å². The summed E-state index contributed by atoms with van der Waals surface area (Å²) in [4.78, 5) is 34.8. The zero-order valence-electron chi connectivity index (χ0n) is 16.1. The lowest BCUT2D eigenvalue weighted by molar-refractivity contribution is -0.142. The number of hydrogen-bond donors (Lipinski definition) is 0. The molecule has 0 spiro atoms. The number of fused-ring (bicyclic) bond motifs is 2. The quantitative estimate of drug-likeness (QED) is 0.316. The van der Waals surface area contributed by atoms with Gasteiger partial charge in [-0.1, -0.05) is 12.1 Å². The van der Waals surface area contributed by atoms with E-state index in [9.17, 15) is 14.4 Å². The predicted octanol–water partition coefficient (Wildman–Crippen LogP) is 3.30. The van der Waals surface area contributed by atoms with Crippen molar-refractivity contribution in [1.82, 2.24) is 0 Å². The summed E-state index contributed by atoms with van der Waals surface area (Å²) in [7, 11) is 0. The van der Waals surface area contributed by atoms with Crippen LogP contribution in [0.25, 0.3) is 20.2 Å². The van der Waals surface area contributed by atoms with Gasteiger partial charge in [0.05, 0.1) is 4.70 Å². The molecular formula is C21H20O7S. The minimum absolute atomic E-state index is 0.0705. The van der Waals surface area contributed by atoms with Gasteiger partial charge in [-0.05, 0) is 24.3 Å². The number of carbonyl (C=O) groups is 2. The molecule has 0 unspecified atom stereocenters. The number of ether oxygens (including phenoxy) is 4. The molecule has 0 saturated heterocycles. The Bertz CT molecular complexity index is 1100. The SMILES string of the molecule is CC(=O)OCCOc1ccc2c(=O)c3ccccc3sc2c1OCCOC(C)=O. The molecule has 0 aliphatic carbocycles. The van der Waals surface area contributed by atoms with Crippen molar-refractivity contribution in [3.05, 3.63) is 46.6 Å². The summed E-state index contributed by atoms with van der Waals surface area (Å²) in [5.74, 6) is 0.0124. The number of benzene rings is 2. The maximum absolute atomic E-state index is 12.9. The fraction of sp³-hybridized carbons (Fsp3) is 0.286. The lowest BCUT2D eigenvalue weighted by Crippen LogP contribution is -2.13. The molecule has 0 amide bonds. The second-order valence-electron chi connectivity index (χ2n) is 6.07. The topological polar surface area (TPSA) is 88.1 Å². The molecule has 7 nitrogen and oxygen atoms in total. The molecule has 2 aromatic carbocycles. The normalized spacial score (nSPS) is 10.7. The van der Waals surface area contributed by atoms with Crippen molar-refractivity contribution in [2.24, 2.45) is 0 Å². The fourth-order valence-electron chi connectivity index (χ4n) is 2.74. The van der Waals surface area contributed by atoms with Gasteiger partial charge in [0.25, 0.3) is 0 Å². The summed E-state index contributed by atoms with van der Waals surface area (Å²) in [5.41, 5.74) is -0.0920. The smallest absolute Gasteiger partial charge is 0.302 e. The van der Waals surface area contributed by atoms with E-state index in [4.69, 9.17) is 18.9 Å². The monoisotopic (exact) mass is 416 g/mol. The maximum atomic E-state index is 12.9. The average Bonchev–Trinajstić information content (AvgIpc) is 2.69. The second kappa shape index (κ2) is 9.38. The summed E-state index contributed by atoms with van der Waals surface area (Å²) >= 11 is 1.42. The van der Waals surface area contributed by atoms with Crippen LogP contribution in [-0.2, 0) is 19.1 Å². The van der Waals surface area contributed by atoms with Gasteiger partial charge in [0.15, 0.2) is 16.9 Å². The van der Waals surface area contributed by atoms with Crippen LogP contribution < -0.4 is 14.9 Å². The first-order valence-corrected chi connectivity index (χ1v) is 9.80. The molecule has 0 saturated carbocycles. The van der Waals surface area contributed by atoms with Crippen LogP contribution in [0.1, 0.15) is 13.8 Å². The Morgan fingerprint density at radius 1 is 0.828 bits per heavy atom. The average molecular weight is 416 g/mol. The third kappa shape index (κ3) is 5.03. The van der Waals surface area contributed by atoms with E-state index in [0.717, 1.165) is 4.70 Å². The van der Waals surface area contributed by atoms with Gasteiger partial charge >= 0.3 is 11.9 Å². The summed E-state index contributed by atoms with van der Waals surface area (Å²) in [6.07, 6.45) is 0. The van der Waals surface area contributed by atoms with E-state index < -0.39 is 11.9 Å². The highest BCUT2D eigenvalue weighted by molar-refractivity contribution is 7.24. The number of rotatable bonds is 8. The van der Waals surface area contributed by atoms with E-state index in [1.807, 2.05) is 18.2 Å². The predicted molar refractivity (Wildman–Crippen MR) is 110 cm³/mol. The van der Waals surface area contributed by atoms with E-state index in [1.54, 1.807) is 18.2 Å². The number of esters is 2. The third-order valence-corrected chi connectivity index (χ3v) is 5.13. The van der Waals surface area contributed by atoms with Gasteiger partial charge in [-0.2, -0.15) is 0 Å². The van der Waals surface area contributed by atoms with Gasteiger partial charge in [-0.3, -0.25) is 14.4 Å². The van der Waals surface area contributed by atoms with Gasteiger partial charge in [-0.25, -0.2) is 0 Å². The summed E-state index contributed by atoms with van der Waals surface area (Å²) in [6.45, 7) is 3.04. The van der Waals surface area contributed by atoms with Crippen molar-refractivity contribution < 1.29 is 28.5 Å². The Morgan fingerprint density at radius 2 is 1.48 bits per heavy atom. The molecule has 0 atom stereocenters. The van der Waals surface area contributed by atoms with Crippen molar-refractivity contribution in [2.45, 2.75) is 13.8 Å². The van der Waals surface area contributed by atoms with E-state index in [2.05, 4.69) is 0 Å². The summed E-state index contributed by atoms with van der Waals surface area (Å²) < 4.78 is 22.8. The first-order chi connectivity index (χ1) is 14.0. The second-order valence-corrected chi connectivity index (χ2v) is 7.13. The van der Waals surface area contributed by atoms with E-state index in [0.29, 0.717) is 27.0 Å². The van der Waals surface area contributed by atoms with Crippen LogP contribution in [0.2, 0.25) is 0 Å². The fourth-order valence-corrected chi connectivity index (χ4v) is 3.90. The molecule has 3 aromatic rings. The molecule has 1 aromatic heterocycles. The lowest BCUT2D eigenvalue weighted by Gasteiger charge is -2.15. The van der Waals surface area contributed by atoms with Gasteiger partial charge < -0.3 is 18.9 Å². The van der Waals surface area contributed by atoms with Crippen LogP contribution in [0, 0.1) is 0 Å². The van der Waals surface area contributed by atoms with E-state index in [-0.39, 0.29) is 31.9 Å². The van der Waals surface area contributed by atoms with Crippen LogP contribution in [0.5, 0.6) is 11.5 Å². The van der Waals surface area contributed by atoms with E-state index in [1.165, 1.54) is 25.2 Å². The maximum Gasteiger partial charge on any atom is 0.302 e. The molecule has 0 fully saturated rings. The molecule has 0 bridgehead atoms.